The van der Waals surface area contributed by atoms with E-state index in [0.717, 1.165) is 11.1 Å². The second kappa shape index (κ2) is 6.80. The van der Waals surface area contributed by atoms with Gasteiger partial charge in [-0.1, -0.05) is 47.5 Å². The van der Waals surface area contributed by atoms with Gasteiger partial charge in [0.1, 0.15) is 0 Å². The average Bonchev–Trinajstić information content (AvgIpc) is 2.62. The number of piperidine rings is 1. The molecule has 130 valence electrons. The molecule has 2 aromatic rings. The van der Waals surface area contributed by atoms with E-state index in [1.165, 1.54) is 4.31 Å². The van der Waals surface area contributed by atoms with E-state index in [-0.39, 0.29) is 0 Å². The number of nitriles is 1. The minimum atomic E-state index is -3.54. The number of benzene rings is 2. The topological polar surface area (TPSA) is 61.2 Å². The van der Waals surface area contributed by atoms with Crippen LogP contribution in [0.5, 0.6) is 0 Å². The van der Waals surface area contributed by atoms with Gasteiger partial charge in [0, 0.05) is 18.1 Å². The second-order valence-corrected chi connectivity index (χ2v) is 8.74. The third-order valence-corrected chi connectivity index (χ3v) is 7.08. The number of rotatable bonds is 3. The first-order valence-corrected chi connectivity index (χ1v) is 9.94. The highest BCUT2D eigenvalue weighted by Crippen LogP contribution is 2.39. The number of aryl methyl sites for hydroxylation is 1. The highest BCUT2D eigenvalue weighted by molar-refractivity contribution is 7.89. The van der Waals surface area contributed by atoms with Gasteiger partial charge in [-0.15, -0.1) is 0 Å². The van der Waals surface area contributed by atoms with E-state index in [4.69, 9.17) is 11.6 Å². The van der Waals surface area contributed by atoms with Crippen molar-refractivity contribution in [2.24, 2.45) is 0 Å². The van der Waals surface area contributed by atoms with Crippen LogP contribution in [-0.2, 0) is 15.4 Å². The first kappa shape index (κ1) is 17.9. The molecule has 3 rings (SSSR count). The lowest BCUT2D eigenvalue weighted by atomic mass is 9.74. The summed E-state index contributed by atoms with van der Waals surface area (Å²) in [7, 11) is -3.54. The predicted octanol–water partition coefficient (Wildman–Crippen LogP) is 3.89. The fraction of sp³-hybridized carbons (Fsp3) is 0.316. The van der Waals surface area contributed by atoms with Crippen molar-refractivity contribution in [2.45, 2.75) is 30.1 Å². The summed E-state index contributed by atoms with van der Waals surface area (Å²) >= 11 is 6.28. The standard InChI is InChI=1S/C19H19ClN2O2S/c1-15-6-8-16(9-7-15)25(23,24)22-12-10-19(14-21,11-13-22)17-4-2-3-5-18(17)20/h2-9H,10-13H2,1H3. The molecule has 6 heteroatoms. The van der Waals surface area contributed by atoms with Crippen molar-refractivity contribution in [3.63, 3.8) is 0 Å². The molecule has 1 fully saturated rings. The smallest absolute Gasteiger partial charge is 0.207 e. The van der Waals surface area contributed by atoms with Crippen LogP contribution >= 0.6 is 11.6 Å². The van der Waals surface area contributed by atoms with Crippen LogP contribution in [0.3, 0.4) is 0 Å². The highest BCUT2D eigenvalue weighted by Gasteiger charge is 2.41. The molecule has 0 amide bonds. The summed E-state index contributed by atoms with van der Waals surface area (Å²) in [6.45, 7) is 2.52. The molecule has 1 saturated heterocycles. The van der Waals surface area contributed by atoms with E-state index in [1.807, 2.05) is 25.1 Å². The Balaban J connectivity index is 1.85. The Morgan fingerprint density at radius 1 is 1.08 bits per heavy atom. The number of nitrogens with zero attached hydrogens (tertiary/aromatic N) is 2. The van der Waals surface area contributed by atoms with Crippen LogP contribution in [0.15, 0.2) is 53.4 Å². The van der Waals surface area contributed by atoms with Gasteiger partial charge in [0.15, 0.2) is 0 Å². The molecule has 0 bridgehead atoms. The van der Waals surface area contributed by atoms with Crippen molar-refractivity contribution >= 4 is 21.6 Å². The average molecular weight is 375 g/mol. The van der Waals surface area contributed by atoms with Crippen molar-refractivity contribution in [1.82, 2.24) is 4.31 Å². The molecule has 0 unspecified atom stereocenters. The van der Waals surface area contributed by atoms with Crippen LogP contribution in [-0.4, -0.2) is 25.8 Å². The summed E-state index contributed by atoms with van der Waals surface area (Å²) in [5.74, 6) is 0. The first-order valence-electron chi connectivity index (χ1n) is 8.12. The highest BCUT2D eigenvalue weighted by atomic mass is 35.5. The third-order valence-electron chi connectivity index (χ3n) is 4.84. The molecule has 1 aliphatic heterocycles. The zero-order valence-electron chi connectivity index (χ0n) is 13.9. The fourth-order valence-corrected chi connectivity index (χ4v) is 5.02. The zero-order chi connectivity index (χ0) is 18.1. The van der Waals surface area contributed by atoms with Gasteiger partial charge in [0.05, 0.1) is 16.4 Å². The minimum Gasteiger partial charge on any atom is -0.207 e. The normalized spacial score (nSPS) is 17.8. The molecule has 25 heavy (non-hydrogen) atoms. The van der Waals surface area contributed by atoms with Crippen LogP contribution in [0.1, 0.15) is 24.0 Å². The molecule has 2 aromatic carbocycles. The Bertz CT molecular complexity index is 909. The van der Waals surface area contributed by atoms with Gasteiger partial charge in [-0.05, 0) is 43.5 Å². The molecule has 0 N–H and O–H groups in total. The molecule has 4 nitrogen and oxygen atoms in total. The third kappa shape index (κ3) is 3.30. The first-order chi connectivity index (χ1) is 11.9. The van der Waals surface area contributed by atoms with E-state index < -0.39 is 15.4 Å². The lowest BCUT2D eigenvalue weighted by molar-refractivity contribution is 0.277. The van der Waals surface area contributed by atoms with Crippen LogP contribution in [0.4, 0.5) is 0 Å². The van der Waals surface area contributed by atoms with E-state index in [9.17, 15) is 13.7 Å². The fourth-order valence-electron chi connectivity index (χ4n) is 3.26. The molecule has 0 atom stereocenters. The number of halogens is 1. The number of hydrogen-bond acceptors (Lipinski definition) is 3. The SMILES string of the molecule is Cc1ccc(S(=O)(=O)N2CCC(C#N)(c3ccccc3Cl)CC2)cc1. The van der Waals surface area contributed by atoms with Gasteiger partial charge in [0.25, 0.3) is 0 Å². The molecule has 0 saturated carbocycles. The number of hydrogen-bond donors (Lipinski definition) is 0. The molecular formula is C19H19ClN2O2S. The zero-order valence-corrected chi connectivity index (χ0v) is 15.5. The lowest BCUT2D eigenvalue weighted by Gasteiger charge is -2.37. The Morgan fingerprint density at radius 2 is 1.68 bits per heavy atom. The van der Waals surface area contributed by atoms with Gasteiger partial charge < -0.3 is 0 Å². The van der Waals surface area contributed by atoms with Crippen molar-refractivity contribution in [3.8, 4) is 6.07 Å². The molecule has 1 heterocycles. The largest absolute Gasteiger partial charge is 0.243 e. The Kier molecular flexibility index (Phi) is 4.88. The van der Waals surface area contributed by atoms with Crippen molar-refractivity contribution in [2.75, 3.05) is 13.1 Å². The van der Waals surface area contributed by atoms with Crippen LogP contribution < -0.4 is 0 Å². The van der Waals surface area contributed by atoms with Crippen LogP contribution in [0, 0.1) is 18.3 Å². The summed E-state index contributed by atoms with van der Waals surface area (Å²) in [5, 5.41) is 10.3. The van der Waals surface area contributed by atoms with Gasteiger partial charge >= 0.3 is 0 Å². The van der Waals surface area contributed by atoms with E-state index in [0.29, 0.717) is 35.8 Å². The summed E-state index contributed by atoms with van der Waals surface area (Å²) in [6, 6.07) is 16.5. The van der Waals surface area contributed by atoms with Crippen molar-refractivity contribution < 1.29 is 8.42 Å². The maximum Gasteiger partial charge on any atom is 0.243 e. The lowest BCUT2D eigenvalue weighted by Crippen LogP contribution is -2.44. The summed E-state index contributed by atoms with van der Waals surface area (Å²) in [5.41, 5.74) is 1.06. The summed E-state index contributed by atoms with van der Waals surface area (Å²) < 4.78 is 27.1. The van der Waals surface area contributed by atoms with Crippen molar-refractivity contribution in [1.29, 1.82) is 5.26 Å². The quantitative estimate of drug-likeness (QED) is 0.818. The summed E-state index contributed by atoms with van der Waals surface area (Å²) in [6.07, 6.45) is 0.858. The van der Waals surface area contributed by atoms with E-state index in [1.54, 1.807) is 30.3 Å². The Morgan fingerprint density at radius 3 is 2.24 bits per heavy atom. The number of sulfonamides is 1. The van der Waals surface area contributed by atoms with Gasteiger partial charge in [-0.3, -0.25) is 0 Å². The second-order valence-electron chi connectivity index (χ2n) is 6.39. The van der Waals surface area contributed by atoms with Gasteiger partial charge in [-0.25, -0.2) is 8.42 Å². The van der Waals surface area contributed by atoms with Crippen LogP contribution in [0.2, 0.25) is 5.02 Å². The van der Waals surface area contributed by atoms with Gasteiger partial charge in [0.2, 0.25) is 10.0 Å². The monoisotopic (exact) mass is 374 g/mol. The maximum atomic E-state index is 12.8. The minimum absolute atomic E-state index is 0.292. The van der Waals surface area contributed by atoms with E-state index >= 15 is 0 Å². The molecule has 1 aliphatic rings. The molecule has 0 radical (unpaired) electrons. The molecular weight excluding hydrogens is 356 g/mol. The predicted molar refractivity (Wildman–Crippen MR) is 97.9 cm³/mol. The van der Waals surface area contributed by atoms with E-state index in [2.05, 4.69) is 6.07 Å². The van der Waals surface area contributed by atoms with Crippen molar-refractivity contribution in [3.05, 3.63) is 64.7 Å². The molecule has 0 aromatic heterocycles. The van der Waals surface area contributed by atoms with Crippen LogP contribution in [0.25, 0.3) is 0 Å². The van der Waals surface area contributed by atoms with Gasteiger partial charge in [-0.2, -0.15) is 9.57 Å². The summed E-state index contributed by atoms with van der Waals surface area (Å²) in [4.78, 5) is 0.292. The maximum absolute atomic E-state index is 12.8. The molecule has 0 spiro atoms. The molecule has 0 aliphatic carbocycles. The Hall–Kier alpha value is -1.87. The Labute approximate surface area is 153 Å².